The van der Waals surface area contributed by atoms with Gasteiger partial charge in [0.25, 0.3) is 0 Å². The van der Waals surface area contributed by atoms with Gasteiger partial charge < -0.3 is 4.89 Å². The summed E-state index contributed by atoms with van der Waals surface area (Å²) in [6.07, 6.45) is 0. The molecule has 0 aliphatic rings. The lowest BCUT2D eigenvalue weighted by Gasteiger charge is -2.17. The minimum absolute atomic E-state index is 2.61. The smallest absolute Gasteiger partial charge is 0.523 e. The van der Waals surface area contributed by atoms with Gasteiger partial charge in [0, 0.05) is 0 Å². The molecule has 0 bridgehead atoms. The van der Waals surface area contributed by atoms with Crippen LogP contribution in [0.1, 0.15) is 0 Å². The molecule has 0 heterocycles. The predicted octanol–water partition coefficient (Wildman–Crippen LogP) is -0.720. The van der Waals surface area contributed by atoms with E-state index in [4.69, 9.17) is 0 Å². The van der Waals surface area contributed by atoms with Crippen LogP contribution in [0.2, 0.25) is 0 Å². The van der Waals surface area contributed by atoms with Gasteiger partial charge in [0.15, 0.2) is 0 Å². The van der Waals surface area contributed by atoms with E-state index in [1.165, 1.54) is 0 Å². The molecule has 1 unspecified atom stereocenters. The van der Waals surface area contributed by atoms with E-state index in [9.17, 15) is 31.0 Å². The lowest BCUT2D eigenvalue weighted by atomic mass is 11.6. The first-order valence-electron chi connectivity index (χ1n) is 2.08. The van der Waals surface area contributed by atoms with Gasteiger partial charge in [-0.1, -0.05) is 0 Å². The molecule has 74 valence electrons. The average molecular weight is 228 g/mol. The summed E-state index contributed by atoms with van der Waals surface area (Å²) >= 11 is 0. The third-order valence-electron chi connectivity index (χ3n) is 0.485. The minimum atomic E-state index is -6.16. The largest absolute Gasteiger partial charge is 0.766 e. The van der Waals surface area contributed by atoms with Gasteiger partial charge in [0.05, 0.1) is 0 Å². The van der Waals surface area contributed by atoms with Crippen LogP contribution in [-0.2, 0) is 18.7 Å². The molecule has 0 fully saturated rings. The summed E-state index contributed by atoms with van der Waals surface area (Å²) in [4.78, 5) is 9.80. The van der Waals surface area contributed by atoms with Gasteiger partial charge in [0.2, 0.25) is 7.75 Å². The molecule has 0 rings (SSSR count). The van der Waals surface area contributed by atoms with E-state index < -0.39 is 23.4 Å². The van der Waals surface area contributed by atoms with Crippen LogP contribution in [0.25, 0.3) is 0 Å². The van der Waals surface area contributed by atoms with Crippen molar-refractivity contribution in [1.82, 2.24) is 0 Å². The number of halogens is 3. The van der Waals surface area contributed by atoms with Crippen molar-refractivity contribution in [3.05, 3.63) is 0 Å². The quantitative estimate of drug-likeness (QED) is 0.493. The molecule has 0 aromatic heterocycles. The first-order chi connectivity index (χ1) is 4.96. The highest BCUT2D eigenvalue weighted by atomic mass is 32.2. The minimum Gasteiger partial charge on any atom is -0.766 e. The van der Waals surface area contributed by atoms with Gasteiger partial charge in [-0.15, -0.1) is 0 Å². The molecule has 0 radical (unpaired) electrons. The molecule has 0 aromatic carbocycles. The summed E-state index contributed by atoms with van der Waals surface area (Å²) in [5, 5.41) is 0. The van der Waals surface area contributed by atoms with Crippen molar-refractivity contribution in [3.63, 3.8) is 0 Å². The molecule has 0 aliphatic carbocycles. The van der Waals surface area contributed by atoms with Crippen LogP contribution < -0.4 is 10.4 Å². The van der Waals surface area contributed by atoms with Crippen molar-refractivity contribution in [2.75, 3.05) is 0 Å². The van der Waals surface area contributed by atoms with E-state index in [1.54, 1.807) is 0 Å². The van der Waals surface area contributed by atoms with Crippen LogP contribution >= 0.6 is 7.75 Å². The second kappa shape index (κ2) is 2.96. The summed E-state index contributed by atoms with van der Waals surface area (Å²) in [5.41, 5.74) is -1.88. The molecule has 2 N–H and O–H groups in total. The van der Waals surface area contributed by atoms with E-state index in [0.29, 0.717) is 0 Å². The SMILES string of the molecule is NP(=O)([O-])OS(=O)(=O)C(F)(F)F. The van der Waals surface area contributed by atoms with E-state index in [2.05, 4.69) is 9.47 Å². The maximum absolute atomic E-state index is 11.3. The highest BCUT2D eigenvalue weighted by molar-refractivity contribution is 7.91. The Kier molecular flexibility index (Phi) is 2.93. The summed E-state index contributed by atoms with van der Waals surface area (Å²) in [6.45, 7) is 0. The molecule has 0 saturated heterocycles. The second-order valence-electron chi connectivity index (χ2n) is 1.51. The van der Waals surface area contributed by atoms with E-state index in [1.807, 2.05) is 0 Å². The Hall–Kier alpha value is -0.150. The Morgan fingerprint density at radius 3 is 1.83 bits per heavy atom. The maximum Gasteiger partial charge on any atom is 0.523 e. The van der Waals surface area contributed by atoms with Crippen molar-refractivity contribution < 1.29 is 35.0 Å². The summed E-state index contributed by atoms with van der Waals surface area (Å²) in [5.74, 6) is 0. The Balaban J connectivity index is 4.83. The van der Waals surface area contributed by atoms with E-state index in [-0.39, 0.29) is 0 Å². The van der Waals surface area contributed by atoms with Crippen LogP contribution in [0.5, 0.6) is 0 Å². The summed E-state index contributed by atoms with van der Waals surface area (Å²) in [7, 11) is -11.6. The molecule has 12 heavy (non-hydrogen) atoms. The second-order valence-corrected chi connectivity index (χ2v) is 4.56. The first kappa shape index (κ1) is 11.8. The molecule has 1 atom stereocenters. The van der Waals surface area contributed by atoms with Crippen LogP contribution in [0.4, 0.5) is 13.2 Å². The van der Waals surface area contributed by atoms with Crippen molar-refractivity contribution in [2.24, 2.45) is 5.50 Å². The zero-order valence-electron chi connectivity index (χ0n) is 5.11. The van der Waals surface area contributed by atoms with Crippen molar-refractivity contribution >= 4 is 17.9 Å². The van der Waals surface area contributed by atoms with E-state index in [0.717, 1.165) is 0 Å². The third kappa shape index (κ3) is 3.50. The van der Waals surface area contributed by atoms with Crippen molar-refractivity contribution in [2.45, 2.75) is 5.51 Å². The molecule has 0 aliphatic heterocycles. The molecular formula is CH2F3NO5PS-. The van der Waals surface area contributed by atoms with Crippen molar-refractivity contribution in [3.8, 4) is 0 Å². The summed E-state index contributed by atoms with van der Waals surface area (Å²) < 4.78 is 66.2. The van der Waals surface area contributed by atoms with Crippen LogP contribution in [-0.4, -0.2) is 13.9 Å². The Morgan fingerprint density at radius 1 is 1.42 bits per heavy atom. The number of hydrogen-bond acceptors (Lipinski definition) is 5. The highest BCUT2D eigenvalue weighted by Crippen LogP contribution is 2.36. The van der Waals surface area contributed by atoms with Crippen LogP contribution in [0.15, 0.2) is 0 Å². The number of alkyl halides is 3. The molecule has 0 saturated carbocycles. The van der Waals surface area contributed by atoms with Gasteiger partial charge in [-0.05, 0) is 0 Å². The fraction of sp³-hybridized carbons (Fsp3) is 1.00. The first-order valence-corrected chi connectivity index (χ1v) is 5.10. The Morgan fingerprint density at radius 2 is 1.75 bits per heavy atom. The van der Waals surface area contributed by atoms with E-state index >= 15 is 0 Å². The average Bonchev–Trinajstić information content (AvgIpc) is 1.52. The van der Waals surface area contributed by atoms with Crippen molar-refractivity contribution in [1.29, 1.82) is 0 Å². The lowest BCUT2D eigenvalue weighted by molar-refractivity contribution is -0.191. The van der Waals surface area contributed by atoms with Gasteiger partial charge >= 0.3 is 15.6 Å². The fourth-order valence-electron chi connectivity index (χ4n) is 0.179. The molecule has 0 amide bonds. The van der Waals surface area contributed by atoms with Gasteiger partial charge in [-0.2, -0.15) is 21.6 Å². The summed E-state index contributed by atoms with van der Waals surface area (Å²) in [6, 6.07) is 0. The van der Waals surface area contributed by atoms with Gasteiger partial charge in [-0.25, -0.2) is 3.97 Å². The number of rotatable bonds is 2. The van der Waals surface area contributed by atoms with Crippen LogP contribution in [0.3, 0.4) is 0 Å². The molecule has 11 heteroatoms. The lowest BCUT2D eigenvalue weighted by Crippen LogP contribution is -2.28. The molecule has 6 nitrogen and oxygen atoms in total. The maximum atomic E-state index is 11.3. The Labute approximate surface area is 64.8 Å². The monoisotopic (exact) mass is 228 g/mol. The van der Waals surface area contributed by atoms with Gasteiger partial charge in [0.1, 0.15) is 0 Å². The van der Waals surface area contributed by atoms with Gasteiger partial charge in [-0.3, -0.25) is 10.1 Å². The highest BCUT2D eigenvalue weighted by Gasteiger charge is 2.48. The number of hydrogen-bond donors (Lipinski definition) is 1. The topological polar surface area (TPSA) is 110 Å². The zero-order chi connectivity index (χ0) is 10.2. The third-order valence-corrected chi connectivity index (χ3v) is 2.67. The standard InChI is InChI=1S/CH3F3NO5PS/c2-1(3,4)12(8,9)10-11(5,6)7/h(H3,5,6,7)/p-1. The Bertz CT molecular complexity index is 299. The molecule has 0 spiro atoms. The molecule has 0 aromatic rings. The zero-order valence-corrected chi connectivity index (χ0v) is 6.82. The fourth-order valence-corrected chi connectivity index (χ4v) is 1.61. The predicted molar refractivity (Wildman–Crippen MR) is 27.9 cm³/mol. The van der Waals surface area contributed by atoms with Crippen LogP contribution in [0, 0.1) is 0 Å². The normalized spacial score (nSPS) is 18.8. The molecular weight excluding hydrogens is 226 g/mol. The number of nitrogens with two attached hydrogens (primary N) is 1.